The zero-order chi connectivity index (χ0) is 20.3. The molecule has 30 heavy (non-hydrogen) atoms. The van der Waals surface area contributed by atoms with Crippen LogP contribution in [-0.4, -0.2) is 38.5 Å². The largest absolute Gasteiger partial charge is 0.457 e. The second-order valence-corrected chi connectivity index (χ2v) is 7.49. The quantitative estimate of drug-likeness (QED) is 0.506. The minimum atomic E-state index is -0.0138. The van der Waals surface area contributed by atoms with Gasteiger partial charge in [-0.2, -0.15) is 0 Å². The normalized spacial score (nSPS) is 16.5. The fraction of sp³-hybridized carbons (Fsp3) is 0.208. The molecule has 150 valence electrons. The summed E-state index contributed by atoms with van der Waals surface area (Å²) in [5, 5.41) is 8.68. The molecule has 6 nitrogen and oxygen atoms in total. The maximum Gasteiger partial charge on any atom is 0.257 e. The predicted octanol–water partition coefficient (Wildman–Crippen LogP) is 4.54. The van der Waals surface area contributed by atoms with Gasteiger partial charge in [0.05, 0.1) is 5.56 Å². The van der Waals surface area contributed by atoms with E-state index in [9.17, 15) is 4.79 Å². The molecule has 1 amide bonds. The maximum atomic E-state index is 13.4. The molecule has 0 bridgehead atoms. The predicted molar refractivity (Wildman–Crippen MR) is 114 cm³/mol. The van der Waals surface area contributed by atoms with Crippen molar-refractivity contribution in [2.24, 2.45) is 0 Å². The van der Waals surface area contributed by atoms with Crippen molar-refractivity contribution in [3.8, 4) is 11.5 Å². The third kappa shape index (κ3) is 3.52. The molecule has 1 atom stereocenters. The average molecular weight is 398 g/mol. The topological polar surface area (TPSA) is 59.7 Å². The van der Waals surface area contributed by atoms with E-state index in [1.54, 1.807) is 0 Å². The second kappa shape index (κ2) is 7.99. The van der Waals surface area contributed by atoms with Gasteiger partial charge in [0.25, 0.3) is 5.91 Å². The lowest BCUT2D eigenvalue weighted by Crippen LogP contribution is -2.39. The lowest BCUT2D eigenvalue weighted by Gasteiger charge is -2.32. The number of benzene rings is 2. The third-order valence-corrected chi connectivity index (χ3v) is 5.50. The smallest absolute Gasteiger partial charge is 0.257 e. The Labute approximate surface area is 174 Å². The zero-order valence-electron chi connectivity index (χ0n) is 16.5. The van der Waals surface area contributed by atoms with E-state index >= 15 is 0 Å². The Morgan fingerprint density at radius 3 is 2.63 bits per heavy atom. The molecule has 2 aromatic carbocycles. The van der Waals surface area contributed by atoms with E-state index < -0.39 is 0 Å². The molecular formula is C24H22N4O2. The summed E-state index contributed by atoms with van der Waals surface area (Å²) >= 11 is 0. The molecule has 3 heterocycles. The van der Waals surface area contributed by atoms with Crippen LogP contribution in [0.25, 0.3) is 5.65 Å². The number of pyridine rings is 1. The highest BCUT2D eigenvalue weighted by Gasteiger charge is 2.29. The average Bonchev–Trinajstić information content (AvgIpc) is 3.24. The lowest BCUT2D eigenvalue weighted by molar-refractivity contribution is 0.0701. The van der Waals surface area contributed by atoms with Gasteiger partial charge in [0.1, 0.15) is 17.3 Å². The van der Waals surface area contributed by atoms with Crippen LogP contribution in [0.5, 0.6) is 11.5 Å². The fourth-order valence-electron chi connectivity index (χ4n) is 4.03. The number of ether oxygens (including phenoxy) is 1. The van der Waals surface area contributed by atoms with Crippen molar-refractivity contribution in [1.29, 1.82) is 0 Å². The van der Waals surface area contributed by atoms with Crippen LogP contribution in [0.1, 0.15) is 34.9 Å². The molecule has 1 saturated heterocycles. The summed E-state index contributed by atoms with van der Waals surface area (Å²) in [5.74, 6) is 2.34. The molecule has 2 aromatic heterocycles. The molecule has 0 radical (unpaired) electrons. The third-order valence-electron chi connectivity index (χ3n) is 5.50. The van der Waals surface area contributed by atoms with E-state index in [0.717, 1.165) is 30.9 Å². The van der Waals surface area contributed by atoms with Crippen LogP contribution in [0.4, 0.5) is 0 Å². The van der Waals surface area contributed by atoms with Gasteiger partial charge < -0.3 is 9.64 Å². The van der Waals surface area contributed by atoms with Crippen LogP contribution in [0, 0.1) is 0 Å². The number of fused-ring (bicyclic) bond motifs is 1. The van der Waals surface area contributed by atoms with E-state index in [0.29, 0.717) is 23.6 Å². The van der Waals surface area contributed by atoms with Gasteiger partial charge in [0, 0.05) is 25.2 Å². The Balaban J connectivity index is 1.39. The number of carbonyl (C=O) groups excluding carboxylic acids is 1. The minimum Gasteiger partial charge on any atom is -0.457 e. The van der Waals surface area contributed by atoms with Crippen LogP contribution in [0.15, 0.2) is 79.0 Å². The van der Waals surface area contributed by atoms with E-state index in [1.165, 1.54) is 0 Å². The van der Waals surface area contributed by atoms with Crippen LogP contribution in [0.3, 0.4) is 0 Å². The van der Waals surface area contributed by atoms with Gasteiger partial charge >= 0.3 is 0 Å². The Morgan fingerprint density at radius 2 is 1.73 bits per heavy atom. The SMILES string of the molecule is O=C(c1ccccc1Oc1ccccc1)N1CCCC(c2nnc3ccccn23)C1. The number of para-hydroxylation sites is 2. The van der Waals surface area contributed by atoms with Gasteiger partial charge in [0.2, 0.25) is 0 Å². The van der Waals surface area contributed by atoms with E-state index in [2.05, 4.69) is 10.2 Å². The van der Waals surface area contributed by atoms with Gasteiger partial charge in [-0.15, -0.1) is 10.2 Å². The Morgan fingerprint density at radius 1 is 0.933 bits per heavy atom. The Hall–Kier alpha value is -3.67. The molecule has 0 spiro atoms. The number of rotatable bonds is 4. The van der Waals surface area contributed by atoms with Crippen molar-refractivity contribution < 1.29 is 9.53 Å². The summed E-state index contributed by atoms with van der Waals surface area (Å²) in [7, 11) is 0. The highest BCUT2D eigenvalue weighted by molar-refractivity contribution is 5.97. The van der Waals surface area contributed by atoms with E-state index in [4.69, 9.17) is 4.74 Å². The molecule has 0 saturated carbocycles. The number of aromatic nitrogens is 3. The van der Waals surface area contributed by atoms with Crippen molar-refractivity contribution in [2.75, 3.05) is 13.1 Å². The summed E-state index contributed by atoms with van der Waals surface area (Å²) in [6.07, 6.45) is 3.90. The van der Waals surface area contributed by atoms with Crippen LogP contribution >= 0.6 is 0 Å². The van der Waals surface area contributed by atoms with Gasteiger partial charge in [-0.1, -0.05) is 36.4 Å². The van der Waals surface area contributed by atoms with Crippen molar-refractivity contribution in [2.45, 2.75) is 18.8 Å². The van der Waals surface area contributed by atoms with Crippen LogP contribution in [-0.2, 0) is 0 Å². The van der Waals surface area contributed by atoms with Crippen molar-refractivity contribution in [3.05, 3.63) is 90.4 Å². The van der Waals surface area contributed by atoms with Crippen LogP contribution < -0.4 is 4.74 Å². The molecular weight excluding hydrogens is 376 g/mol. The molecule has 1 aliphatic heterocycles. The van der Waals surface area contributed by atoms with Crippen molar-refractivity contribution in [3.63, 3.8) is 0 Å². The number of carbonyl (C=O) groups is 1. The summed E-state index contributed by atoms with van der Waals surface area (Å²) in [5.41, 5.74) is 1.41. The Kier molecular flexibility index (Phi) is 4.89. The molecule has 4 aromatic rings. The first-order chi connectivity index (χ1) is 14.8. The lowest BCUT2D eigenvalue weighted by atomic mass is 9.96. The van der Waals surface area contributed by atoms with Gasteiger partial charge in [-0.3, -0.25) is 9.20 Å². The standard InChI is InChI=1S/C24H22N4O2/c29-24(20-12-4-5-13-21(20)30-19-10-2-1-3-11-19)27-15-8-9-18(17-27)23-26-25-22-14-6-7-16-28(22)23/h1-7,10-14,16,18H,8-9,15,17H2. The molecule has 1 unspecified atom stereocenters. The first-order valence-corrected chi connectivity index (χ1v) is 10.2. The number of hydrogen-bond donors (Lipinski definition) is 0. The van der Waals surface area contributed by atoms with Crippen LogP contribution in [0.2, 0.25) is 0 Å². The molecule has 1 fully saturated rings. The van der Waals surface area contributed by atoms with E-state index in [1.807, 2.05) is 88.3 Å². The second-order valence-electron chi connectivity index (χ2n) is 7.49. The molecule has 0 N–H and O–H groups in total. The fourth-order valence-corrected chi connectivity index (χ4v) is 4.03. The number of amides is 1. The molecule has 5 rings (SSSR count). The highest BCUT2D eigenvalue weighted by Crippen LogP contribution is 2.30. The van der Waals surface area contributed by atoms with Gasteiger partial charge in [0.15, 0.2) is 5.65 Å². The Bertz CT molecular complexity index is 1170. The molecule has 0 aliphatic carbocycles. The highest BCUT2D eigenvalue weighted by atomic mass is 16.5. The number of likely N-dealkylation sites (tertiary alicyclic amines) is 1. The summed E-state index contributed by atoms with van der Waals surface area (Å²) in [6, 6.07) is 22.8. The number of hydrogen-bond acceptors (Lipinski definition) is 4. The summed E-state index contributed by atoms with van der Waals surface area (Å²) in [4.78, 5) is 15.3. The zero-order valence-corrected chi connectivity index (χ0v) is 16.5. The van der Waals surface area contributed by atoms with Gasteiger partial charge in [-0.25, -0.2) is 0 Å². The minimum absolute atomic E-state index is 0.0138. The maximum absolute atomic E-state index is 13.4. The first-order valence-electron chi connectivity index (χ1n) is 10.2. The number of nitrogens with zero attached hydrogens (tertiary/aromatic N) is 4. The summed E-state index contributed by atoms with van der Waals surface area (Å²) in [6.45, 7) is 1.35. The van der Waals surface area contributed by atoms with Crippen molar-refractivity contribution >= 4 is 11.6 Å². The van der Waals surface area contributed by atoms with Crippen molar-refractivity contribution in [1.82, 2.24) is 19.5 Å². The van der Waals surface area contributed by atoms with E-state index in [-0.39, 0.29) is 11.8 Å². The monoisotopic (exact) mass is 398 g/mol. The van der Waals surface area contributed by atoms with Gasteiger partial charge in [-0.05, 0) is 49.2 Å². The first kappa shape index (κ1) is 18.4. The molecule has 6 heteroatoms. The molecule has 1 aliphatic rings. The number of piperidine rings is 1. The summed E-state index contributed by atoms with van der Waals surface area (Å²) < 4.78 is 8.02.